The zero-order valence-corrected chi connectivity index (χ0v) is 12.5. The molecule has 20 heavy (non-hydrogen) atoms. The van der Waals surface area contributed by atoms with Crippen molar-refractivity contribution in [2.75, 3.05) is 18.5 Å². The second-order valence-electron chi connectivity index (χ2n) is 5.19. The minimum absolute atomic E-state index is 0.936. The summed E-state index contributed by atoms with van der Waals surface area (Å²) in [6.07, 6.45) is 1.18. The first-order valence-corrected chi connectivity index (χ1v) is 7.34. The minimum atomic E-state index is 0.936. The van der Waals surface area contributed by atoms with E-state index in [4.69, 9.17) is 0 Å². The van der Waals surface area contributed by atoms with Crippen LogP contribution in [0.15, 0.2) is 54.6 Å². The highest BCUT2D eigenvalue weighted by atomic mass is 15.1. The van der Waals surface area contributed by atoms with Crippen LogP contribution in [-0.2, 0) is 13.1 Å². The summed E-state index contributed by atoms with van der Waals surface area (Å²) in [5.41, 5.74) is 3.96. The van der Waals surface area contributed by atoms with E-state index >= 15 is 0 Å². The van der Waals surface area contributed by atoms with Crippen molar-refractivity contribution < 1.29 is 0 Å². The molecular weight excluding hydrogens is 244 g/mol. The number of hydrogen-bond donors (Lipinski definition) is 1. The van der Waals surface area contributed by atoms with Crippen LogP contribution in [-0.4, -0.2) is 13.6 Å². The van der Waals surface area contributed by atoms with Crippen molar-refractivity contribution in [3.8, 4) is 0 Å². The second-order valence-corrected chi connectivity index (χ2v) is 5.19. The van der Waals surface area contributed by atoms with Crippen LogP contribution in [0.25, 0.3) is 0 Å². The highest BCUT2D eigenvalue weighted by Crippen LogP contribution is 2.15. The van der Waals surface area contributed by atoms with Crippen LogP contribution in [0.4, 0.5) is 5.69 Å². The number of nitrogens with one attached hydrogen (secondary N) is 1. The van der Waals surface area contributed by atoms with Crippen LogP contribution in [0.3, 0.4) is 0 Å². The average Bonchev–Trinajstić information content (AvgIpc) is 2.49. The molecule has 0 radical (unpaired) electrons. The van der Waals surface area contributed by atoms with E-state index in [0.717, 1.165) is 19.6 Å². The Balaban J connectivity index is 1.97. The third-order valence-corrected chi connectivity index (χ3v) is 3.36. The zero-order chi connectivity index (χ0) is 14.2. The lowest BCUT2D eigenvalue weighted by Gasteiger charge is -2.19. The van der Waals surface area contributed by atoms with E-state index in [1.165, 1.54) is 23.2 Å². The quantitative estimate of drug-likeness (QED) is 0.768. The van der Waals surface area contributed by atoms with E-state index in [1.54, 1.807) is 0 Å². The molecule has 2 rings (SSSR count). The molecule has 2 heteroatoms. The number of nitrogens with zero attached hydrogens (tertiary/aromatic N) is 1. The van der Waals surface area contributed by atoms with Crippen molar-refractivity contribution in [3.63, 3.8) is 0 Å². The van der Waals surface area contributed by atoms with Crippen molar-refractivity contribution in [1.29, 1.82) is 0 Å². The van der Waals surface area contributed by atoms with Crippen molar-refractivity contribution in [1.82, 2.24) is 5.32 Å². The fraction of sp³-hybridized carbons (Fsp3) is 0.333. The number of benzene rings is 2. The van der Waals surface area contributed by atoms with Gasteiger partial charge in [0.2, 0.25) is 0 Å². The summed E-state index contributed by atoms with van der Waals surface area (Å²) < 4.78 is 0. The molecule has 106 valence electrons. The zero-order valence-electron chi connectivity index (χ0n) is 12.5. The van der Waals surface area contributed by atoms with Gasteiger partial charge in [0.05, 0.1) is 0 Å². The summed E-state index contributed by atoms with van der Waals surface area (Å²) in [5, 5.41) is 3.45. The molecule has 0 saturated carbocycles. The summed E-state index contributed by atoms with van der Waals surface area (Å²) in [4.78, 5) is 2.28. The molecule has 0 atom stereocenters. The van der Waals surface area contributed by atoms with E-state index < -0.39 is 0 Å². The van der Waals surface area contributed by atoms with Gasteiger partial charge in [0, 0.05) is 25.8 Å². The molecule has 0 aliphatic carbocycles. The minimum Gasteiger partial charge on any atom is -0.370 e. The Labute approximate surface area is 122 Å². The third-order valence-electron chi connectivity index (χ3n) is 3.36. The van der Waals surface area contributed by atoms with Gasteiger partial charge in [-0.3, -0.25) is 0 Å². The predicted octanol–water partition coefficient (Wildman–Crippen LogP) is 3.82. The van der Waals surface area contributed by atoms with Gasteiger partial charge in [-0.05, 0) is 36.2 Å². The Morgan fingerprint density at radius 2 is 1.70 bits per heavy atom. The van der Waals surface area contributed by atoms with E-state index in [2.05, 4.69) is 78.8 Å². The van der Waals surface area contributed by atoms with Crippen LogP contribution in [0.1, 0.15) is 24.5 Å². The molecule has 0 heterocycles. The fourth-order valence-electron chi connectivity index (χ4n) is 2.30. The molecule has 0 unspecified atom stereocenters. The number of hydrogen-bond acceptors (Lipinski definition) is 2. The number of anilines is 1. The van der Waals surface area contributed by atoms with E-state index in [-0.39, 0.29) is 0 Å². The lowest BCUT2D eigenvalue weighted by Crippen LogP contribution is -2.17. The molecule has 0 spiro atoms. The van der Waals surface area contributed by atoms with Gasteiger partial charge in [-0.25, -0.2) is 0 Å². The third kappa shape index (κ3) is 4.39. The van der Waals surface area contributed by atoms with Gasteiger partial charge in [-0.15, -0.1) is 0 Å². The fourth-order valence-corrected chi connectivity index (χ4v) is 2.30. The molecule has 2 aromatic carbocycles. The molecule has 0 amide bonds. The largest absolute Gasteiger partial charge is 0.370 e. The summed E-state index contributed by atoms with van der Waals surface area (Å²) in [6, 6.07) is 19.3. The van der Waals surface area contributed by atoms with Gasteiger partial charge in [0.15, 0.2) is 0 Å². The molecule has 0 aromatic heterocycles. The summed E-state index contributed by atoms with van der Waals surface area (Å²) >= 11 is 0. The van der Waals surface area contributed by atoms with Crippen LogP contribution in [0.2, 0.25) is 0 Å². The molecule has 1 N–H and O–H groups in total. The standard InChI is InChI=1S/C18H24N2/c1-3-12-19-14-16-8-7-9-17(13-16)15-20(2)18-10-5-4-6-11-18/h4-11,13,19H,3,12,14-15H2,1-2H3. The number of para-hydroxylation sites is 1. The molecule has 2 aromatic rings. The maximum absolute atomic E-state index is 3.45. The van der Waals surface area contributed by atoms with Crippen LogP contribution in [0, 0.1) is 0 Å². The average molecular weight is 268 g/mol. The molecule has 0 saturated heterocycles. The van der Waals surface area contributed by atoms with Crippen molar-refractivity contribution in [3.05, 3.63) is 65.7 Å². The lowest BCUT2D eigenvalue weighted by molar-refractivity contribution is 0.675. The molecule has 0 aliphatic heterocycles. The summed E-state index contributed by atoms with van der Waals surface area (Å²) in [5.74, 6) is 0. The Morgan fingerprint density at radius 3 is 2.45 bits per heavy atom. The van der Waals surface area contributed by atoms with Crippen molar-refractivity contribution in [2.45, 2.75) is 26.4 Å². The Bertz CT molecular complexity index is 508. The molecular formula is C18H24N2. The maximum Gasteiger partial charge on any atom is 0.0426 e. The lowest BCUT2D eigenvalue weighted by atomic mass is 10.1. The maximum atomic E-state index is 3.45. The first-order valence-electron chi connectivity index (χ1n) is 7.34. The molecule has 0 aliphatic rings. The van der Waals surface area contributed by atoms with Crippen LogP contribution < -0.4 is 10.2 Å². The van der Waals surface area contributed by atoms with Crippen molar-refractivity contribution in [2.24, 2.45) is 0 Å². The highest BCUT2D eigenvalue weighted by molar-refractivity contribution is 5.45. The van der Waals surface area contributed by atoms with Crippen LogP contribution in [0.5, 0.6) is 0 Å². The topological polar surface area (TPSA) is 15.3 Å². The van der Waals surface area contributed by atoms with Crippen LogP contribution >= 0.6 is 0 Å². The van der Waals surface area contributed by atoms with Gasteiger partial charge < -0.3 is 10.2 Å². The Kier molecular flexibility index (Phi) is 5.63. The Hall–Kier alpha value is -1.80. The highest BCUT2D eigenvalue weighted by Gasteiger charge is 2.02. The SMILES string of the molecule is CCCNCc1cccc(CN(C)c2ccccc2)c1. The van der Waals surface area contributed by atoms with Gasteiger partial charge in [-0.2, -0.15) is 0 Å². The van der Waals surface area contributed by atoms with E-state index in [0.29, 0.717) is 0 Å². The molecule has 0 fully saturated rings. The summed E-state index contributed by atoms with van der Waals surface area (Å²) in [7, 11) is 2.14. The normalized spacial score (nSPS) is 10.5. The van der Waals surface area contributed by atoms with E-state index in [1.807, 2.05) is 0 Å². The van der Waals surface area contributed by atoms with Gasteiger partial charge in [0.1, 0.15) is 0 Å². The number of rotatable bonds is 7. The Morgan fingerprint density at radius 1 is 0.950 bits per heavy atom. The molecule has 0 bridgehead atoms. The van der Waals surface area contributed by atoms with Crippen molar-refractivity contribution >= 4 is 5.69 Å². The van der Waals surface area contributed by atoms with Gasteiger partial charge in [0.25, 0.3) is 0 Å². The smallest absolute Gasteiger partial charge is 0.0426 e. The van der Waals surface area contributed by atoms with Gasteiger partial charge >= 0.3 is 0 Å². The predicted molar refractivity (Wildman–Crippen MR) is 87.0 cm³/mol. The first kappa shape index (κ1) is 14.6. The second kappa shape index (κ2) is 7.71. The van der Waals surface area contributed by atoms with Gasteiger partial charge in [-0.1, -0.05) is 49.4 Å². The first-order chi connectivity index (χ1) is 9.79. The molecule has 2 nitrogen and oxygen atoms in total. The van der Waals surface area contributed by atoms with E-state index in [9.17, 15) is 0 Å². The summed E-state index contributed by atoms with van der Waals surface area (Å²) in [6.45, 7) is 5.16. The monoisotopic (exact) mass is 268 g/mol.